The summed E-state index contributed by atoms with van der Waals surface area (Å²) in [7, 11) is 0. The molecule has 8 rings (SSSR count). The Morgan fingerprint density at radius 2 is 0.812 bits per heavy atom. The summed E-state index contributed by atoms with van der Waals surface area (Å²) in [6.45, 7) is 5.06. The fraction of sp³-hybridized carbons (Fsp3) is 0.556. The van der Waals surface area contributed by atoms with Crippen molar-refractivity contribution in [1.82, 2.24) is 0 Å². The second kappa shape index (κ2) is 24.2. The molecule has 10 heteroatoms. The van der Waals surface area contributed by atoms with Crippen molar-refractivity contribution in [2.45, 2.75) is 140 Å². The third kappa shape index (κ3) is 15.3. The molecule has 6 atom stereocenters. The van der Waals surface area contributed by atoms with Gasteiger partial charge in [-0.1, -0.05) is 101 Å². The van der Waals surface area contributed by atoms with Crippen molar-refractivity contribution >= 4 is 22.7 Å². The SMILES string of the molecule is O=C(Oc1ccc(OC(=O)c2ccc(OCCCCCCCCCC(CC3CO3)C3CO3)cc2)c2ccccc12)c1ccc(OCCCCCCCCCC(CC2CO2)C2CO2)cc1. The molecule has 4 aliphatic rings. The fourth-order valence-electron chi connectivity index (χ4n) is 8.93. The number of unbranched alkanes of at least 4 members (excludes halogenated alkanes) is 12. The maximum Gasteiger partial charge on any atom is 0.343 e. The van der Waals surface area contributed by atoms with E-state index in [4.69, 9.17) is 37.9 Å². The van der Waals surface area contributed by atoms with Crippen LogP contribution in [0.4, 0.5) is 0 Å². The molecule has 0 radical (unpaired) electrons. The summed E-state index contributed by atoms with van der Waals surface area (Å²) < 4.78 is 45.6. The molecule has 4 fully saturated rings. The molecule has 0 aliphatic carbocycles. The number of fused-ring (bicyclic) bond motifs is 1. The van der Waals surface area contributed by atoms with E-state index in [0.29, 0.717) is 82.9 Å². The van der Waals surface area contributed by atoms with Gasteiger partial charge in [-0.25, -0.2) is 9.59 Å². The fourth-order valence-corrected chi connectivity index (χ4v) is 8.93. The van der Waals surface area contributed by atoms with E-state index in [-0.39, 0.29) is 0 Å². The molecule has 0 saturated carbocycles. The van der Waals surface area contributed by atoms with Gasteiger partial charge in [0, 0.05) is 10.8 Å². The van der Waals surface area contributed by atoms with E-state index in [2.05, 4.69) is 0 Å². The molecule has 4 heterocycles. The van der Waals surface area contributed by atoms with Gasteiger partial charge in [0.05, 0.1) is 75.2 Å². The topological polar surface area (TPSA) is 121 Å². The summed E-state index contributed by atoms with van der Waals surface area (Å²) in [5, 5.41) is 1.32. The van der Waals surface area contributed by atoms with E-state index in [1.54, 1.807) is 36.4 Å². The number of hydrogen-bond acceptors (Lipinski definition) is 10. The number of ether oxygens (including phenoxy) is 8. The molecule has 4 aliphatic heterocycles. The van der Waals surface area contributed by atoms with E-state index >= 15 is 0 Å². The lowest BCUT2D eigenvalue weighted by molar-refractivity contribution is 0.0723. The maximum atomic E-state index is 13.2. The zero-order valence-corrected chi connectivity index (χ0v) is 37.6. The van der Waals surface area contributed by atoms with Crippen molar-refractivity contribution in [3.05, 3.63) is 96.1 Å². The Balaban J connectivity index is 0.688. The molecule has 0 N–H and O–H groups in total. The van der Waals surface area contributed by atoms with Crippen molar-refractivity contribution in [2.24, 2.45) is 11.8 Å². The van der Waals surface area contributed by atoms with Gasteiger partial charge in [0.2, 0.25) is 0 Å². The molecule has 4 saturated heterocycles. The number of carbonyl (C=O) groups is 2. The first-order chi connectivity index (χ1) is 31.6. The van der Waals surface area contributed by atoms with Crippen LogP contribution in [0.1, 0.15) is 136 Å². The summed E-state index contributed by atoms with van der Waals surface area (Å²) in [5.41, 5.74) is 0.836. The minimum atomic E-state index is -0.480. The van der Waals surface area contributed by atoms with Crippen LogP contribution in [0.3, 0.4) is 0 Å². The average Bonchev–Trinajstić information content (AvgIpc) is 4.09. The van der Waals surface area contributed by atoms with Crippen LogP contribution in [0.25, 0.3) is 10.8 Å². The molecule has 0 bridgehead atoms. The molecule has 0 amide bonds. The van der Waals surface area contributed by atoms with Crippen LogP contribution in [0.2, 0.25) is 0 Å². The van der Waals surface area contributed by atoms with E-state index in [1.807, 2.05) is 48.5 Å². The highest BCUT2D eigenvalue weighted by molar-refractivity contribution is 6.00. The molecule has 0 spiro atoms. The largest absolute Gasteiger partial charge is 0.494 e. The average molecular weight is 877 g/mol. The van der Waals surface area contributed by atoms with Gasteiger partial charge in [-0.2, -0.15) is 0 Å². The Morgan fingerprint density at radius 3 is 1.17 bits per heavy atom. The smallest absolute Gasteiger partial charge is 0.343 e. The lowest BCUT2D eigenvalue weighted by atomic mass is 9.93. The van der Waals surface area contributed by atoms with Crippen molar-refractivity contribution in [3.63, 3.8) is 0 Å². The number of epoxide rings is 4. The summed E-state index contributed by atoms with van der Waals surface area (Å²) in [4.78, 5) is 26.4. The summed E-state index contributed by atoms with van der Waals surface area (Å²) in [5.74, 6) is 2.64. The summed E-state index contributed by atoms with van der Waals surface area (Å²) >= 11 is 0. The molecular weight excluding hydrogens is 809 g/mol. The first-order valence-electron chi connectivity index (χ1n) is 24.4. The van der Waals surface area contributed by atoms with Crippen LogP contribution >= 0.6 is 0 Å². The Bertz CT molecular complexity index is 1890. The Hall–Kier alpha value is -4.48. The zero-order valence-electron chi connectivity index (χ0n) is 37.6. The second-order valence-corrected chi connectivity index (χ2v) is 18.3. The number of rotatable bonds is 32. The van der Waals surface area contributed by atoms with Crippen LogP contribution in [0.15, 0.2) is 84.9 Å². The number of carbonyl (C=O) groups excluding carboxylic acids is 2. The van der Waals surface area contributed by atoms with Gasteiger partial charge in [0.1, 0.15) is 23.0 Å². The second-order valence-electron chi connectivity index (χ2n) is 18.3. The summed E-state index contributed by atoms with van der Waals surface area (Å²) in [6.07, 6.45) is 23.9. The number of esters is 2. The molecule has 4 aromatic rings. The molecule has 10 nitrogen and oxygen atoms in total. The molecule has 4 aromatic carbocycles. The van der Waals surface area contributed by atoms with Gasteiger partial charge in [0.25, 0.3) is 0 Å². The standard InChI is InChI=1S/C54H68O10/c55-53(39-21-25-43(26-22-39)57-31-15-9-5-1-3-7-11-17-41(51-37-61-51)33-45-35-59-45)63-49-29-30-50(48-20-14-13-19-47(48)49)64-54(56)40-23-27-44(28-24-40)58-32-16-10-6-2-4-8-12-18-42(52-38-62-52)34-46-36-60-46/h13-14,19-30,41-42,45-46,51-52H,1-12,15-18,31-38H2. The highest BCUT2D eigenvalue weighted by Crippen LogP contribution is 2.36. The van der Waals surface area contributed by atoms with Crippen molar-refractivity contribution in [3.8, 4) is 23.0 Å². The maximum absolute atomic E-state index is 13.2. The minimum Gasteiger partial charge on any atom is -0.494 e. The van der Waals surface area contributed by atoms with E-state index in [9.17, 15) is 9.59 Å². The minimum absolute atomic E-state index is 0.381. The van der Waals surface area contributed by atoms with Gasteiger partial charge in [0.15, 0.2) is 0 Å². The third-order valence-corrected chi connectivity index (χ3v) is 13.1. The van der Waals surface area contributed by atoms with Gasteiger partial charge >= 0.3 is 11.9 Å². The van der Waals surface area contributed by atoms with Gasteiger partial charge < -0.3 is 37.9 Å². The highest BCUT2D eigenvalue weighted by Gasteiger charge is 2.38. The first-order valence-corrected chi connectivity index (χ1v) is 24.4. The third-order valence-electron chi connectivity index (χ3n) is 13.1. The zero-order chi connectivity index (χ0) is 43.8. The van der Waals surface area contributed by atoms with Crippen molar-refractivity contribution in [1.29, 1.82) is 0 Å². The van der Waals surface area contributed by atoms with E-state index in [1.165, 1.54) is 89.9 Å². The van der Waals surface area contributed by atoms with Crippen LogP contribution in [0, 0.1) is 11.8 Å². The van der Waals surface area contributed by atoms with Crippen LogP contribution in [-0.2, 0) is 18.9 Å². The lowest BCUT2D eigenvalue weighted by Gasteiger charge is -2.13. The van der Waals surface area contributed by atoms with Crippen molar-refractivity contribution < 1.29 is 47.5 Å². The monoisotopic (exact) mass is 876 g/mol. The normalized spacial score (nSPS) is 20.3. The number of benzene rings is 4. The molecule has 64 heavy (non-hydrogen) atoms. The Labute approximate surface area is 379 Å². The quantitative estimate of drug-likeness (QED) is 0.0203. The summed E-state index contributed by atoms with van der Waals surface area (Å²) in [6, 6.07) is 24.9. The Morgan fingerprint density at radius 1 is 0.453 bits per heavy atom. The molecule has 0 aromatic heterocycles. The van der Waals surface area contributed by atoms with Crippen LogP contribution < -0.4 is 18.9 Å². The van der Waals surface area contributed by atoms with Crippen LogP contribution in [0.5, 0.6) is 23.0 Å². The van der Waals surface area contributed by atoms with Crippen molar-refractivity contribution in [2.75, 3.05) is 39.6 Å². The number of hydrogen-bond donors (Lipinski definition) is 0. The van der Waals surface area contributed by atoms with Gasteiger partial charge in [-0.05, 0) is 111 Å². The predicted molar refractivity (Wildman–Crippen MR) is 247 cm³/mol. The molecule has 6 unspecified atom stereocenters. The van der Waals surface area contributed by atoms with Gasteiger partial charge in [-0.3, -0.25) is 0 Å². The van der Waals surface area contributed by atoms with Gasteiger partial charge in [-0.15, -0.1) is 0 Å². The first kappa shape index (κ1) is 46.1. The van der Waals surface area contributed by atoms with E-state index in [0.717, 1.165) is 63.6 Å². The highest BCUT2D eigenvalue weighted by atomic mass is 16.6. The van der Waals surface area contributed by atoms with Crippen LogP contribution in [-0.4, -0.2) is 76.0 Å². The lowest BCUT2D eigenvalue weighted by Crippen LogP contribution is -2.11. The van der Waals surface area contributed by atoms with E-state index < -0.39 is 11.9 Å². The molecular formula is C54H68O10. The Kier molecular flexibility index (Phi) is 17.4. The predicted octanol–water partition coefficient (Wildman–Crippen LogP) is 11.9. The molecule has 344 valence electrons.